The molecule has 0 aromatic heterocycles. The molecule has 1 aliphatic rings. The standard InChI is InChI=1S/C13H25NO2/c1-8(2)11-7-12(16-10(5)6)13(15)14(11)9(3)4/h8-12H,7H2,1-6H3. The van der Waals surface area contributed by atoms with Crippen molar-refractivity contribution in [3.63, 3.8) is 0 Å². The molecule has 3 nitrogen and oxygen atoms in total. The highest BCUT2D eigenvalue weighted by Gasteiger charge is 2.42. The van der Waals surface area contributed by atoms with Crippen LogP contribution in [0, 0.1) is 5.92 Å². The molecular weight excluding hydrogens is 202 g/mol. The zero-order valence-corrected chi connectivity index (χ0v) is 11.4. The average Bonchev–Trinajstić information content (AvgIpc) is 2.43. The molecule has 16 heavy (non-hydrogen) atoms. The molecule has 2 unspecified atom stereocenters. The fourth-order valence-electron chi connectivity index (χ4n) is 2.44. The molecule has 0 spiro atoms. The number of hydrogen-bond donors (Lipinski definition) is 0. The molecule has 2 atom stereocenters. The predicted octanol–water partition coefficient (Wildman–Crippen LogP) is 2.45. The summed E-state index contributed by atoms with van der Waals surface area (Å²) in [5, 5.41) is 0. The molecule has 0 bridgehead atoms. The van der Waals surface area contributed by atoms with Gasteiger partial charge in [-0.05, 0) is 33.6 Å². The SMILES string of the molecule is CC(C)OC1CC(C(C)C)N(C(C)C)C1=O. The number of rotatable bonds is 4. The van der Waals surface area contributed by atoms with E-state index < -0.39 is 0 Å². The Morgan fingerprint density at radius 1 is 1.19 bits per heavy atom. The lowest BCUT2D eigenvalue weighted by atomic mass is 10.0. The van der Waals surface area contributed by atoms with Gasteiger partial charge < -0.3 is 9.64 Å². The Labute approximate surface area is 99.1 Å². The van der Waals surface area contributed by atoms with E-state index in [1.807, 2.05) is 18.7 Å². The lowest BCUT2D eigenvalue weighted by Gasteiger charge is -2.30. The minimum Gasteiger partial charge on any atom is -0.366 e. The second-order valence-electron chi connectivity index (χ2n) is 5.56. The fourth-order valence-corrected chi connectivity index (χ4v) is 2.44. The van der Waals surface area contributed by atoms with Crippen LogP contribution in [0.5, 0.6) is 0 Å². The van der Waals surface area contributed by atoms with Crippen molar-refractivity contribution in [2.45, 2.75) is 72.3 Å². The molecular formula is C13H25NO2. The van der Waals surface area contributed by atoms with Gasteiger partial charge in [0.1, 0.15) is 6.10 Å². The topological polar surface area (TPSA) is 29.5 Å². The highest BCUT2D eigenvalue weighted by Crippen LogP contribution is 2.29. The van der Waals surface area contributed by atoms with Crippen molar-refractivity contribution in [1.82, 2.24) is 4.90 Å². The molecule has 0 N–H and O–H groups in total. The summed E-state index contributed by atoms with van der Waals surface area (Å²) in [4.78, 5) is 14.2. The minimum absolute atomic E-state index is 0.119. The fraction of sp³-hybridized carbons (Fsp3) is 0.923. The Morgan fingerprint density at radius 3 is 2.06 bits per heavy atom. The largest absolute Gasteiger partial charge is 0.366 e. The number of ether oxygens (including phenoxy) is 1. The third-order valence-corrected chi connectivity index (χ3v) is 3.11. The summed E-state index contributed by atoms with van der Waals surface area (Å²) in [6.45, 7) is 12.5. The Kier molecular flexibility index (Phi) is 4.36. The first-order valence-corrected chi connectivity index (χ1v) is 6.32. The van der Waals surface area contributed by atoms with Gasteiger partial charge in [0.25, 0.3) is 5.91 Å². The Bertz CT molecular complexity index is 248. The summed E-state index contributed by atoms with van der Waals surface area (Å²) in [7, 11) is 0. The van der Waals surface area contributed by atoms with Gasteiger partial charge in [-0.2, -0.15) is 0 Å². The van der Waals surface area contributed by atoms with Gasteiger partial charge in [-0.3, -0.25) is 4.79 Å². The van der Waals surface area contributed by atoms with Gasteiger partial charge >= 0.3 is 0 Å². The zero-order chi connectivity index (χ0) is 12.5. The molecule has 94 valence electrons. The van der Waals surface area contributed by atoms with Crippen molar-refractivity contribution in [3.05, 3.63) is 0 Å². The molecule has 1 saturated heterocycles. The summed E-state index contributed by atoms with van der Waals surface area (Å²) in [6.07, 6.45) is 0.732. The van der Waals surface area contributed by atoms with Gasteiger partial charge in [-0.25, -0.2) is 0 Å². The Morgan fingerprint density at radius 2 is 1.75 bits per heavy atom. The van der Waals surface area contributed by atoms with Gasteiger partial charge in [0.05, 0.1) is 6.10 Å². The molecule has 1 fully saturated rings. The van der Waals surface area contributed by atoms with E-state index in [0.29, 0.717) is 12.0 Å². The quantitative estimate of drug-likeness (QED) is 0.738. The number of nitrogens with zero attached hydrogens (tertiary/aromatic N) is 1. The maximum Gasteiger partial charge on any atom is 0.252 e. The van der Waals surface area contributed by atoms with E-state index >= 15 is 0 Å². The maximum absolute atomic E-state index is 12.2. The highest BCUT2D eigenvalue weighted by molar-refractivity contribution is 5.84. The van der Waals surface area contributed by atoms with Crippen LogP contribution in [0.2, 0.25) is 0 Å². The summed E-state index contributed by atoms with van der Waals surface area (Å²) >= 11 is 0. The lowest BCUT2D eigenvalue weighted by Crippen LogP contribution is -2.42. The second-order valence-corrected chi connectivity index (χ2v) is 5.56. The number of likely N-dealkylation sites (tertiary alicyclic amines) is 1. The van der Waals surface area contributed by atoms with E-state index in [4.69, 9.17) is 4.74 Å². The first-order valence-electron chi connectivity index (χ1n) is 6.32. The van der Waals surface area contributed by atoms with Gasteiger partial charge in [-0.15, -0.1) is 0 Å². The van der Waals surface area contributed by atoms with Gasteiger partial charge in [-0.1, -0.05) is 13.8 Å². The third-order valence-electron chi connectivity index (χ3n) is 3.11. The molecule has 1 heterocycles. The van der Waals surface area contributed by atoms with Gasteiger partial charge in [0.15, 0.2) is 0 Å². The van der Waals surface area contributed by atoms with E-state index in [1.54, 1.807) is 0 Å². The molecule has 1 amide bonds. The van der Waals surface area contributed by atoms with Crippen LogP contribution >= 0.6 is 0 Å². The van der Waals surface area contributed by atoms with Crippen LogP contribution in [0.1, 0.15) is 48.0 Å². The first kappa shape index (κ1) is 13.5. The summed E-state index contributed by atoms with van der Waals surface area (Å²) in [6, 6.07) is 0.594. The second kappa shape index (κ2) is 5.17. The minimum atomic E-state index is -0.227. The Hall–Kier alpha value is -0.570. The van der Waals surface area contributed by atoms with Crippen LogP contribution in [-0.2, 0) is 9.53 Å². The number of amides is 1. The summed E-state index contributed by atoms with van der Waals surface area (Å²) in [5.41, 5.74) is 0. The van der Waals surface area contributed by atoms with Crippen LogP contribution in [0.15, 0.2) is 0 Å². The van der Waals surface area contributed by atoms with Crippen LogP contribution in [0.25, 0.3) is 0 Å². The molecule has 1 aliphatic heterocycles. The summed E-state index contributed by atoms with van der Waals surface area (Å²) in [5.74, 6) is 0.662. The number of hydrogen-bond acceptors (Lipinski definition) is 2. The first-order chi connectivity index (χ1) is 7.34. The monoisotopic (exact) mass is 227 g/mol. The van der Waals surface area contributed by atoms with Crippen LogP contribution in [0.4, 0.5) is 0 Å². The smallest absolute Gasteiger partial charge is 0.252 e. The molecule has 0 aromatic carbocycles. The Balaban J connectivity index is 2.79. The molecule has 0 radical (unpaired) electrons. The predicted molar refractivity (Wildman–Crippen MR) is 65.2 cm³/mol. The highest BCUT2D eigenvalue weighted by atomic mass is 16.5. The van der Waals surface area contributed by atoms with Crippen molar-refractivity contribution in [2.75, 3.05) is 0 Å². The van der Waals surface area contributed by atoms with Crippen molar-refractivity contribution in [2.24, 2.45) is 5.92 Å². The van der Waals surface area contributed by atoms with Crippen molar-refractivity contribution >= 4 is 5.91 Å². The van der Waals surface area contributed by atoms with Crippen LogP contribution in [-0.4, -0.2) is 35.1 Å². The number of carbonyl (C=O) groups excluding carboxylic acids is 1. The van der Waals surface area contributed by atoms with E-state index in [1.165, 1.54) is 0 Å². The maximum atomic E-state index is 12.2. The third kappa shape index (κ3) is 2.76. The van der Waals surface area contributed by atoms with E-state index in [9.17, 15) is 4.79 Å². The van der Waals surface area contributed by atoms with E-state index in [2.05, 4.69) is 27.7 Å². The lowest BCUT2D eigenvalue weighted by molar-refractivity contribution is -0.141. The van der Waals surface area contributed by atoms with Crippen molar-refractivity contribution in [1.29, 1.82) is 0 Å². The number of carbonyl (C=O) groups is 1. The van der Waals surface area contributed by atoms with Crippen molar-refractivity contribution in [3.8, 4) is 0 Å². The zero-order valence-electron chi connectivity index (χ0n) is 11.4. The van der Waals surface area contributed by atoms with E-state index in [-0.39, 0.29) is 24.2 Å². The molecule has 0 aromatic rings. The average molecular weight is 227 g/mol. The van der Waals surface area contributed by atoms with Gasteiger partial charge in [0, 0.05) is 18.5 Å². The molecule has 3 heteroatoms. The summed E-state index contributed by atoms with van der Waals surface area (Å²) < 4.78 is 5.69. The molecule has 1 rings (SSSR count). The van der Waals surface area contributed by atoms with E-state index in [0.717, 1.165) is 6.42 Å². The van der Waals surface area contributed by atoms with Crippen LogP contribution < -0.4 is 0 Å². The molecule has 0 aliphatic carbocycles. The van der Waals surface area contributed by atoms with Gasteiger partial charge in [0.2, 0.25) is 0 Å². The van der Waals surface area contributed by atoms with Crippen LogP contribution in [0.3, 0.4) is 0 Å². The normalized spacial score (nSPS) is 26.6. The van der Waals surface area contributed by atoms with Crippen molar-refractivity contribution < 1.29 is 9.53 Å². The molecule has 0 saturated carbocycles.